The molecule has 1 N–H and O–H groups in total. The molecule has 1 aromatic carbocycles. The monoisotopic (exact) mass is 392 g/mol. The van der Waals surface area contributed by atoms with Crippen LogP contribution in [0, 0.1) is 24.2 Å². The lowest BCUT2D eigenvalue weighted by atomic mass is 9.81. The second kappa shape index (κ2) is 8.00. The zero-order valence-electron chi connectivity index (χ0n) is 16.6. The van der Waals surface area contributed by atoms with E-state index in [9.17, 15) is 4.79 Å². The van der Waals surface area contributed by atoms with E-state index < -0.39 is 0 Å². The minimum Gasteiger partial charge on any atom is -0.493 e. The number of hydrogen-bond acceptors (Lipinski definition) is 6. The third-order valence-corrected chi connectivity index (χ3v) is 5.50. The van der Waals surface area contributed by atoms with Crippen LogP contribution < -0.4 is 19.7 Å². The highest BCUT2D eigenvalue weighted by Crippen LogP contribution is 2.36. The molecule has 0 unspecified atom stereocenters. The van der Waals surface area contributed by atoms with Crippen molar-refractivity contribution in [2.75, 3.05) is 25.1 Å². The van der Waals surface area contributed by atoms with Crippen LogP contribution in [-0.2, 0) is 4.79 Å². The van der Waals surface area contributed by atoms with Gasteiger partial charge in [0.2, 0.25) is 5.91 Å². The molecule has 0 radical (unpaired) electrons. The highest BCUT2D eigenvalue weighted by atomic mass is 16.5. The Morgan fingerprint density at radius 2 is 2.03 bits per heavy atom. The van der Waals surface area contributed by atoms with Gasteiger partial charge >= 0.3 is 0 Å². The van der Waals surface area contributed by atoms with E-state index in [0.29, 0.717) is 37.2 Å². The topological polar surface area (TPSA) is 87.5 Å². The number of pyridine rings is 1. The van der Waals surface area contributed by atoms with Crippen molar-refractivity contribution >= 4 is 11.7 Å². The van der Waals surface area contributed by atoms with Crippen molar-refractivity contribution in [2.24, 2.45) is 5.92 Å². The van der Waals surface area contributed by atoms with Crippen molar-refractivity contribution in [1.82, 2.24) is 10.3 Å². The number of carbonyl (C=O) groups is 1. The van der Waals surface area contributed by atoms with Gasteiger partial charge in [0.05, 0.1) is 24.8 Å². The largest absolute Gasteiger partial charge is 0.493 e. The quantitative estimate of drug-likeness (QED) is 0.812. The minimum absolute atomic E-state index is 0.00936. The number of rotatable bonds is 6. The number of methoxy groups -OCH3 is 1. The molecule has 1 aromatic heterocycles. The van der Waals surface area contributed by atoms with Gasteiger partial charge in [0.15, 0.2) is 11.5 Å². The van der Waals surface area contributed by atoms with E-state index in [-0.39, 0.29) is 24.0 Å². The van der Waals surface area contributed by atoms with E-state index in [0.717, 1.165) is 17.1 Å². The van der Waals surface area contributed by atoms with Crippen molar-refractivity contribution in [2.45, 2.75) is 31.9 Å². The molecule has 2 fully saturated rings. The lowest BCUT2D eigenvalue weighted by Gasteiger charge is -2.42. The van der Waals surface area contributed by atoms with Gasteiger partial charge in [0.1, 0.15) is 11.9 Å². The number of ether oxygens (including phenoxy) is 2. The summed E-state index contributed by atoms with van der Waals surface area (Å²) in [6.07, 6.45) is 3.10. The van der Waals surface area contributed by atoms with Crippen LogP contribution in [0.4, 0.5) is 5.82 Å². The lowest BCUT2D eigenvalue weighted by molar-refractivity contribution is -0.131. The number of benzene rings is 1. The molecule has 2 heterocycles. The van der Waals surface area contributed by atoms with Crippen molar-refractivity contribution in [3.8, 4) is 17.6 Å². The molecule has 29 heavy (non-hydrogen) atoms. The fourth-order valence-corrected chi connectivity index (χ4v) is 3.67. The van der Waals surface area contributed by atoms with Crippen LogP contribution in [-0.4, -0.2) is 43.2 Å². The molecule has 4 rings (SSSR count). The SMILES string of the molecule is COc1ccc(C)cc1OC1CC(C(=O)NC2CN(c3cc(C#N)ccn3)C2)C1. The number of nitriles is 1. The van der Waals surface area contributed by atoms with Gasteiger partial charge < -0.3 is 19.7 Å². The first-order valence-corrected chi connectivity index (χ1v) is 9.78. The van der Waals surface area contributed by atoms with Crippen LogP contribution in [0.5, 0.6) is 11.5 Å². The first-order chi connectivity index (χ1) is 14.1. The molecule has 7 nitrogen and oxygen atoms in total. The van der Waals surface area contributed by atoms with Crippen molar-refractivity contribution in [1.29, 1.82) is 5.26 Å². The van der Waals surface area contributed by atoms with Gasteiger partial charge in [-0.15, -0.1) is 0 Å². The summed E-state index contributed by atoms with van der Waals surface area (Å²) in [6, 6.07) is 11.5. The van der Waals surface area contributed by atoms with E-state index in [1.165, 1.54) is 0 Å². The van der Waals surface area contributed by atoms with Crippen LogP contribution in [0.2, 0.25) is 0 Å². The zero-order chi connectivity index (χ0) is 20.4. The summed E-state index contributed by atoms with van der Waals surface area (Å²) >= 11 is 0. The predicted molar refractivity (Wildman–Crippen MR) is 108 cm³/mol. The van der Waals surface area contributed by atoms with E-state index in [1.54, 1.807) is 25.4 Å². The Hall–Kier alpha value is -3.27. The first kappa shape index (κ1) is 19.1. The number of aromatic nitrogens is 1. The number of nitrogens with zero attached hydrogens (tertiary/aromatic N) is 3. The molecular formula is C22H24N4O3. The predicted octanol–water partition coefficient (Wildman–Crippen LogP) is 2.43. The summed E-state index contributed by atoms with van der Waals surface area (Å²) in [5, 5.41) is 12.1. The summed E-state index contributed by atoms with van der Waals surface area (Å²) in [6.45, 7) is 3.43. The van der Waals surface area contributed by atoms with Gasteiger partial charge in [-0.05, 0) is 49.6 Å². The Bertz CT molecular complexity index is 943. The molecule has 2 aromatic rings. The summed E-state index contributed by atoms with van der Waals surface area (Å²) in [5.74, 6) is 2.30. The normalized spacial score (nSPS) is 20.8. The Balaban J connectivity index is 1.22. The van der Waals surface area contributed by atoms with Gasteiger partial charge in [-0.1, -0.05) is 6.07 Å². The van der Waals surface area contributed by atoms with Gasteiger partial charge in [-0.25, -0.2) is 4.98 Å². The maximum atomic E-state index is 12.5. The molecule has 1 aliphatic heterocycles. The van der Waals surface area contributed by atoms with Crippen LogP contribution in [0.1, 0.15) is 24.0 Å². The average molecular weight is 392 g/mol. The summed E-state index contributed by atoms with van der Waals surface area (Å²) in [5.41, 5.74) is 1.70. The maximum absolute atomic E-state index is 12.5. The van der Waals surface area contributed by atoms with Gasteiger partial charge in [-0.3, -0.25) is 4.79 Å². The highest BCUT2D eigenvalue weighted by Gasteiger charge is 2.39. The Morgan fingerprint density at radius 1 is 1.24 bits per heavy atom. The van der Waals surface area contributed by atoms with Crippen molar-refractivity contribution in [3.63, 3.8) is 0 Å². The Labute approximate surface area is 170 Å². The number of anilines is 1. The summed E-state index contributed by atoms with van der Waals surface area (Å²) in [7, 11) is 1.63. The molecule has 7 heteroatoms. The Kier molecular flexibility index (Phi) is 5.26. The van der Waals surface area contributed by atoms with Crippen molar-refractivity contribution < 1.29 is 14.3 Å². The molecule has 2 aliphatic rings. The van der Waals surface area contributed by atoms with E-state index in [4.69, 9.17) is 14.7 Å². The average Bonchev–Trinajstić information content (AvgIpc) is 2.66. The van der Waals surface area contributed by atoms with Crippen LogP contribution >= 0.6 is 0 Å². The second-order valence-corrected chi connectivity index (χ2v) is 7.69. The van der Waals surface area contributed by atoms with E-state index in [1.807, 2.05) is 25.1 Å². The second-order valence-electron chi connectivity index (χ2n) is 7.69. The smallest absolute Gasteiger partial charge is 0.223 e. The molecule has 150 valence electrons. The van der Waals surface area contributed by atoms with Crippen LogP contribution in [0.25, 0.3) is 0 Å². The molecule has 1 aliphatic carbocycles. The highest BCUT2D eigenvalue weighted by molar-refractivity contribution is 5.80. The molecule has 0 atom stereocenters. The molecule has 0 bridgehead atoms. The Morgan fingerprint density at radius 3 is 2.76 bits per heavy atom. The minimum atomic E-state index is -0.00936. The molecule has 1 saturated heterocycles. The summed E-state index contributed by atoms with van der Waals surface area (Å²) in [4.78, 5) is 18.8. The van der Waals surface area contributed by atoms with Gasteiger partial charge in [0.25, 0.3) is 0 Å². The standard InChI is InChI=1S/C22H24N4O3/c1-14-3-4-19(28-2)20(7-14)29-18-9-16(10-18)22(27)25-17-12-26(13-17)21-8-15(11-23)5-6-24-21/h3-8,16-18H,9-10,12-13H2,1-2H3,(H,25,27). The molecule has 0 spiro atoms. The van der Waals surface area contributed by atoms with Crippen LogP contribution in [0.3, 0.4) is 0 Å². The number of nitrogens with one attached hydrogen (secondary N) is 1. The third-order valence-electron chi connectivity index (χ3n) is 5.50. The molecular weight excluding hydrogens is 368 g/mol. The van der Waals surface area contributed by atoms with E-state index in [2.05, 4.69) is 21.3 Å². The fraction of sp³-hybridized carbons (Fsp3) is 0.409. The van der Waals surface area contributed by atoms with Gasteiger partial charge in [-0.2, -0.15) is 5.26 Å². The molecule has 1 saturated carbocycles. The zero-order valence-corrected chi connectivity index (χ0v) is 16.6. The van der Waals surface area contributed by atoms with E-state index >= 15 is 0 Å². The number of hydrogen-bond donors (Lipinski definition) is 1. The fourth-order valence-electron chi connectivity index (χ4n) is 3.67. The maximum Gasteiger partial charge on any atom is 0.223 e. The first-order valence-electron chi connectivity index (χ1n) is 9.78. The summed E-state index contributed by atoms with van der Waals surface area (Å²) < 4.78 is 11.4. The van der Waals surface area contributed by atoms with Gasteiger partial charge in [0, 0.05) is 25.2 Å². The van der Waals surface area contributed by atoms with Crippen LogP contribution in [0.15, 0.2) is 36.5 Å². The number of carbonyl (C=O) groups excluding carboxylic acids is 1. The molecule has 1 amide bonds. The third kappa shape index (κ3) is 4.11. The number of amides is 1. The lowest BCUT2D eigenvalue weighted by Crippen LogP contribution is -2.61. The van der Waals surface area contributed by atoms with Crippen molar-refractivity contribution in [3.05, 3.63) is 47.7 Å². The number of aryl methyl sites for hydroxylation is 1.